The molecule has 0 bridgehead atoms. The number of imidazole rings is 1. The number of likely N-dealkylation sites (tertiary alicyclic amines) is 1. The molecule has 5 aromatic rings. The summed E-state index contributed by atoms with van der Waals surface area (Å²) in [7, 11) is -4.00. The summed E-state index contributed by atoms with van der Waals surface area (Å²) in [6.07, 6.45) is 9.17. The normalized spacial score (nSPS) is 16.4. The molecule has 0 radical (unpaired) electrons. The number of benzene rings is 1. The number of aromatic amines is 1. The van der Waals surface area contributed by atoms with Gasteiger partial charge in [-0.05, 0) is 44.5 Å². The molecule has 0 aliphatic carbocycles. The van der Waals surface area contributed by atoms with Gasteiger partial charge in [-0.25, -0.2) is 36.7 Å². The maximum Gasteiger partial charge on any atom is 0.269 e. The summed E-state index contributed by atoms with van der Waals surface area (Å²) in [4.78, 5) is 22.7. The highest BCUT2D eigenvalue weighted by Crippen LogP contribution is 2.33. The first-order valence-corrected chi connectivity index (χ1v) is 14.6. The number of nitrogens with one attached hydrogen (secondary N) is 2. The predicted octanol–water partition coefficient (Wildman–Crippen LogP) is 4.63. The van der Waals surface area contributed by atoms with Crippen LogP contribution in [0, 0.1) is 12.7 Å². The molecule has 0 spiro atoms. The van der Waals surface area contributed by atoms with Gasteiger partial charge in [-0.3, -0.25) is 4.90 Å². The minimum Gasteiger partial charge on any atom is -0.363 e. The monoisotopic (exact) mass is 580 g/mol. The number of pyridine rings is 1. The first-order chi connectivity index (χ1) is 19.3. The lowest BCUT2D eigenvalue weighted by molar-refractivity contribution is 0.204. The second-order valence-electron chi connectivity index (χ2n) is 9.83. The quantitative estimate of drug-likeness (QED) is 0.286. The topological polar surface area (TPSA) is 122 Å². The van der Waals surface area contributed by atoms with Crippen LogP contribution in [0.15, 0.2) is 66.2 Å². The number of piperidine rings is 1. The smallest absolute Gasteiger partial charge is 0.269 e. The lowest BCUT2D eigenvalue weighted by Crippen LogP contribution is -2.42. The van der Waals surface area contributed by atoms with Crippen molar-refractivity contribution in [2.45, 2.75) is 37.2 Å². The molecule has 2 N–H and O–H groups in total. The lowest BCUT2D eigenvalue weighted by Gasteiger charge is -2.32. The number of aryl methyl sites for hydroxylation is 1. The molecule has 1 aliphatic rings. The van der Waals surface area contributed by atoms with Crippen LogP contribution in [0.2, 0.25) is 5.02 Å². The van der Waals surface area contributed by atoms with Crippen LogP contribution in [-0.2, 0) is 16.6 Å². The van der Waals surface area contributed by atoms with Crippen LogP contribution in [0.25, 0.3) is 22.4 Å². The van der Waals surface area contributed by atoms with Gasteiger partial charge in [0.05, 0.1) is 22.7 Å². The Morgan fingerprint density at radius 1 is 1.18 bits per heavy atom. The minimum absolute atomic E-state index is 0.0414. The average molecular weight is 581 g/mol. The predicted molar refractivity (Wildman–Crippen MR) is 150 cm³/mol. The molecule has 13 heteroatoms. The minimum atomic E-state index is -4.00. The summed E-state index contributed by atoms with van der Waals surface area (Å²) >= 11 is 6.24. The van der Waals surface area contributed by atoms with Crippen molar-refractivity contribution in [1.29, 1.82) is 0 Å². The highest BCUT2D eigenvalue weighted by atomic mass is 35.5. The zero-order chi connectivity index (χ0) is 27.9. The van der Waals surface area contributed by atoms with Gasteiger partial charge >= 0.3 is 0 Å². The Balaban J connectivity index is 1.34. The third kappa shape index (κ3) is 5.17. The number of hydrogen-bond acceptors (Lipinski definition) is 8. The summed E-state index contributed by atoms with van der Waals surface area (Å²) in [6.45, 7) is 4.15. The van der Waals surface area contributed by atoms with E-state index in [1.165, 1.54) is 12.4 Å². The number of hydrogen-bond donors (Lipinski definition) is 2. The molecule has 0 saturated carbocycles. The van der Waals surface area contributed by atoms with Gasteiger partial charge in [0.2, 0.25) is 0 Å². The van der Waals surface area contributed by atoms with E-state index in [1.54, 1.807) is 42.7 Å². The maximum atomic E-state index is 14.9. The van der Waals surface area contributed by atoms with Crippen LogP contribution in [-0.4, -0.2) is 61.3 Å². The van der Waals surface area contributed by atoms with Crippen molar-refractivity contribution < 1.29 is 12.8 Å². The van der Waals surface area contributed by atoms with E-state index in [-0.39, 0.29) is 28.2 Å². The van der Waals surface area contributed by atoms with Crippen LogP contribution in [0.5, 0.6) is 0 Å². The van der Waals surface area contributed by atoms with Gasteiger partial charge < -0.3 is 10.3 Å². The summed E-state index contributed by atoms with van der Waals surface area (Å²) in [5.41, 5.74) is 1.47. The van der Waals surface area contributed by atoms with Gasteiger partial charge in [-0.1, -0.05) is 29.3 Å². The number of aromatic nitrogens is 6. The van der Waals surface area contributed by atoms with E-state index in [9.17, 15) is 12.8 Å². The molecule has 0 amide bonds. The van der Waals surface area contributed by atoms with Crippen molar-refractivity contribution in [3.05, 3.63) is 83.5 Å². The highest BCUT2D eigenvalue weighted by Gasteiger charge is 2.26. The molecular formula is C27H26ClFN8O2S. The van der Waals surface area contributed by atoms with Crippen molar-refractivity contribution in [2.75, 3.05) is 18.4 Å². The standard InChI is InChI=1S/C27H26ClFN8O2S/c1-17-4-6-20(7-5-17)40(38,39)37-15-22(21-11-18(28)12-33-27(21)37)25-32-13-23(29)26(35-25)34-19-3-2-10-36(14-19)16-24-30-8-9-31-24/h4-9,11-13,15,19H,2-3,10,14,16H2,1H3,(H,30,31)(H,32,34,35)/t19-/m0/s1. The van der Waals surface area contributed by atoms with Crippen LogP contribution in [0.4, 0.5) is 10.2 Å². The largest absolute Gasteiger partial charge is 0.363 e. The second-order valence-corrected chi connectivity index (χ2v) is 12.1. The van der Waals surface area contributed by atoms with Crippen LogP contribution < -0.4 is 5.32 Å². The molecule has 40 heavy (non-hydrogen) atoms. The zero-order valence-electron chi connectivity index (χ0n) is 21.6. The molecular weight excluding hydrogens is 555 g/mol. The van der Waals surface area contributed by atoms with Crippen molar-refractivity contribution in [3.8, 4) is 11.4 Å². The Morgan fingerprint density at radius 3 is 2.77 bits per heavy atom. The van der Waals surface area contributed by atoms with E-state index in [2.05, 4.69) is 35.1 Å². The Bertz CT molecular complexity index is 1770. The van der Waals surface area contributed by atoms with Gasteiger partial charge in [0.1, 0.15) is 5.82 Å². The van der Waals surface area contributed by atoms with Crippen molar-refractivity contribution in [1.82, 2.24) is 33.8 Å². The molecule has 1 atom stereocenters. The molecule has 10 nitrogen and oxygen atoms in total. The van der Waals surface area contributed by atoms with E-state index in [1.807, 2.05) is 6.92 Å². The van der Waals surface area contributed by atoms with Gasteiger partial charge in [-0.2, -0.15) is 0 Å². The molecule has 5 heterocycles. The van der Waals surface area contributed by atoms with Crippen molar-refractivity contribution in [2.24, 2.45) is 0 Å². The van der Waals surface area contributed by atoms with E-state index in [4.69, 9.17) is 11.6 Å². The Hall–Kier alpha value is -3.87. The van der Waals surface area contributed by atoms with E-state index in [0.29, 0.717) is 29.1 Å². The molecule has 1 aromatic carbocycles. The van der Waals surface area contributed by atoms with Gasteiger partial charge in [0, 0.05) is 48.3 Å². The lowest BCUT2D eigenvalue weighted by atomic mass is 10.1. The van der Waals surface area contributed by atoms with Crippen molar-refractivity contribution in [3.63, 3.8) is 0 Å². The molecule has 1 fully saturated rings. The fourth-order valence-corrected chi connectivity index (χ4v) is 6.43. The van der Waals surface area contributed by atoms with Gasteiger partial charge in [0.25, 0.3) is 10.0 Å². The summed E-state index contributed by atoms with van der Waals surface area (Å²) in [5, 5.41) is 3.98. The SMILES string of the molecule is Cc1ccc(S(=O)(=O)n2cc(-c3ncc(F)c(N[C@H]4CCCN(Cc5ncc[nH]5)C4)n3)c3cc(Cl)cnc32)cc1. The highest BCUT2D eigenvalue weighted by molar-refractivity contribution is 7.90. The third-order valence-corrected chi connectivity index (χ3v) is 8.79. The Labute approximate surface area is 235 Å². The average Bonchev–Trinajstić information content (AvgIpc) is 3.58. The Morgan fingerprint density at radius 2 is 2.00 bits per heavy atom. The maximum absolute atomic E-state index is 14.9. The summed E-state index contributed by atoms with van der Waals surface area (Å²) in [5.74, 6) is 0.477. The van der Waals surface area contributed by atoms with Gasteiger partial charge in [0.15, 0.2) is 23.1 Å². The van der Waals surface area contributed by atoms with Crippen molar-refractivity contribution >= 4 is 38.5 Å². The van der Waals surface area contributed by atoms with E-state index >= 15 is 0 Å². The molecule has 1 aliphatic heterocycles. The number of nitrogens with zero attached hydrogens (tertiary/aromatic N) is 6. The number of fused-ring (bicyclic) bond motifs is 1. The Kier molecular flexibility index (Phi) is 6.99. The van der Waals surface area contributed by atoms with E-state index < -0.39 is 15.8 Å². The van der Waals surface area contributed by atoms with Crippen LogP contribution in [0.1, 0.15) is 24.2 Å². The van der Waals surface area contributed by atoms with E-state index in [0.717, 1.165) is 40.9 Å². The summed E-state index contributed by atoms with van der Waals surface area (Å²) < 4.78 is 43.2. The molecule has 0 unspecified atom stereocenters. The number of halogens is 2. The second kappa shape index (κ2) is 10.6. The van der Waals surface area contributed by atoms with Crippen LogP contribution in [0.3, 0.4) is 0 Å². The number of H-pyrrole nitrogens is 1. The zero-order valence-corrected chi connectivity index (χ0v) is 23.1. The molecule has 1 saturated heterocycles. The first-order valence-electron chi connectivity index (χ1n) is 12.8. The number of rotatable bonds is 7. The third-order valence-electron chi connectivity index (χ3n) is 6.92. The fourth-order valence-electron chi connectivity index (χ4n) is 4.94. The number of anilines is 1. The molecule has 206 valence electrons. The first kappa shape index (κ1) is 26.4. The van der Waals surface area contributed by atoms with Gasteiger partial charge in [-0.15, -0.1) is 0 Å². The fraction of sp³-hybridized carbons (Fsp3) is 0.259. The molecule has 6 rings (SSSR count). The van der Waals surface area contributed by atoms with Crippen LogP contribution >= 0.6 is 11.6 Å². The summed E-state index contributed by atoms with van der Waals surface area (Å²) in [6, 6.07) is 8.11. The molecule has 4 aromatic heterocycles.